The Bertz CT molecular complexity index is 479. The van der Waals surface area contributed by atoms with E-state index in [0.29, 0.717) is 5.56 Å². The fraction of sp³-hybridized carbons (Fsp3) is 0.571. The van der Waals surface area contributed by atoms with E-state index in [1.807, 2.05) is 0 Å². The second-order valence-electron chi connectivity index (χ2n) is 5.45. The molecular weight excluding hydrogens is 296 g/mol. The summed E-state index contributed by atoms with van der Waals surface area (Å²) >= 11 is 5.88. The van der Waals surface area contributed by atoms with E-state index < -0.39 is 23.5 Å². The van der Waals surface area contributed by atoms with Gasteiger partial charge in [0.2, 0.25) is 0 Å². The van der Waals surface area contributed by atoms with Gasteiger partial charge in [0, 0.05) is 11.4 Å². The highest BCUT2D eigenvalue weighted by atomic mass is 35.5. The molecule has 0 atom stereocenters. The standard InChI is InChI=1S/C14H15ClF4O/c15-12-7-11(16)2-1-9(12)8-13(20)5-3-10(4-6-13)14(17,18)19/h1-2,7,10,20H,3-6,8H2. The second kappa shape index (κ2) is 5.53. The Morgan fingerprint density at radius 2 is 1.85 bits per heavy atom. The highest BCUT2D eigenvalue weighted by molar-refractivity contribution is 6.31. The fourth-order valence-corrected chi connectivity index (χ4v) is 2.91. The van der Waals surface area contributed by atoms with Gasteiger partial charge in [0.1, 0.15) is 5.82 Å². The van der Waals surface area contributed by atoms with Gasteiger partial charge in [-0.2, -0.15) is 13.2 Å². The van der Waals surface area contributed by atoms with Crippen molar-refractivity contribution in [3.63, 3.8) is 0 Å². The third kappa shape index (κ3) is 3.64. The Hall–Kier alpha value is -0.810. The van der Waals surface area contributed by atoms with Gasteiger partial charge >= 0.3 is 6.18 Å². The molecule has 1 aromatic carbocycles. The summed E-state index contributed by atoms with van der Waals surface area (Å²) in [7, 11) is 0. The van der Waals surface area contributed by atoms with Crippen LogP contribution in [0.3, 0.4) is 0 Å². The van der Waals surface area contributed by atoms with Crippen molar-refractivity contribution in [1.29, 1.82) is 0 Å². The maximum Gasteiger partial charge on any atom is 0.391 e. The normalized spacial score (nSPS) is 27.6. The van der Waals surface area contributed by atoms with Gasteiger partial charge in [-0.25, -0.2) is 4.39 Å². The Morgan fingerprint density at radius 1 is 1.25 bits per heavy atom. The van der Waals surface area contributed by atoms with Gasteiger partial charge in [0.25, 0.3) is 0 Å². The molecule has 1 aromatic rings. The third-order valence-corrected chi connectivity index (χ3v) is 4.27. The van der Waals surface area contributed by atoms with E-state index in [-0.39, 0.29) is 37.1 Å². The Kier molecular flexibility index (Phi) is 4.30. The molecule has 112 valence electrons. The van der Waals surface area contributed by atoms with E-state index in [1.165, 1.54) is 12.1 Å². The smallest absolute Gasteiger partial charge is 0.390 e. The first-order valence-corrected chi connectivity index (χ1v) is 6.80. The zero-order chi connectivity index (χ0) is 15.0. The first kappa shape index (κ1) is 15.6. The van der Waals surface area contributed by atoms with E-state index in [4.69, 9.17) is 11.6 Å². The minimum absolute atomic E-state index is 0.0743. The van der Waals surface area contributed by atoms with Crippen LogP contribution in [0.5, 0.6) is 0 Å². The van der Waals surface area contributed by atoms with E-state index in [1.54, 1.807) is 0 Å². The van der Waals surface area contributed by atoms with Crippen molar-refractivity contribution in [2.75, 3.05) is 0 Å². The number of alkyl halides is 3. The predicted octanol–water partition coefficient (Wildman–Crippen LogP) is 4.51. The van der Waals surface area contributed by atoms with Crippen LogP contribution in [0.4, 0.5) is 17.6 Å². The van der Waals surface area contributed by atoms with Crippen molar-refractivity contribution in [3.8, 4) is 0 Å². The molecular formula is C14H15ClF4O. The Labute approximate surface area is 119 Å². The molecule has 0 saturated heterocycles. The first-order valence-electron chi connectivity index (χ1n) is 6.43. The number of aliphatic hydroxyl groups is 1. The van der Waals surface area contributed by atoms with Crippen molar-refractivity contribution < 1.29 is 22.7 Å². The number of rotatable bonds is 2. The quantitative estimate of drug-likeness (QED) is 0.797. The third-order valence-electron chi connectivity index (χ3n) is 3.91. The average molecular weight is 311 g/mol. The predicted molar refractivity (Wildman–Crippen MR) is 68.1 cm³/mol. The largest absolute Gasteiger partial charge is 0.391 e. The molecule has 0 bridgehead atoms. The fourth-order valence-electron chi connectivity index (χ4n) is 2.68. The van der Waals surface area contributed by atoms with Crippen molar-refractivity contribution in [2.45, 2.75) is 43.9 Å². The minimum atomic E-state index is -4.20. The van der Waals surface area contributed by atoms with Crippen molar-refractivity contribution in [2.24, 2.45) is 5.92 Å². The summed E-state index contributed by atoms with van der Waals surface area (Å²) in [6.45, 7) is 0. The SMILES string of the molecule is OC1(Cc2ccc(F)cc2Cl)CCC(C(F)(F)F)CC1. The van der Waals surface area contributed by atoms with Crippen LogP contribution in [-0.2, 0) is 6.42 Å². The minimum Gasteiger partial charge on any atom is -0.390 e. The van der Waals surface area contributed by atoms with E-state index in [0.717, 1.165) is 6.07 Å². The summed E-state index contributed by atoms with van der Waals surface area (Å²) in [6.07, 6.45) is -4.07. The number of hydrogen-bond acceptors (Lipinski definition) is 1. The van der Waals surface area contributed by atoms with E-state index in [9.17, 15) is 22.7 Å². The summed E-state index contributed by atoms with van der Waals surface area (Å²) in [4.78, 5) is 0. The lowest BCUT2D eigenvalue weighted by molar-refractivity contribution is -0.192. The highest BCUT2D eigenvalue weighted by Crippen LogP contribution is 2.42. The van der Waals surface area contributed by atoms with Gasteiger partial charge in [-0.1, -0.05) is 17.7 Å². The number of hydrogen-bond donors (Lipinski definition) is 1. The summed E-state index contributed by atoms with van der Waals surface area (Å²) < 4.78 is 50.7. The zero-order valence-electron chi connectivity index (χ0n) is 10.7. The molecule has 1 fully saturated rings. The summed E-state index contributed by atoms with van der Waals surface area (Å²) in [5.74, 6) is -1.82. The van der Waals surface area contributed by atoms with Crippen LogP contribution in [0.1, 0.15) is 31.2 Å². The lowest BCUT2D eigenvalue weighted by Crippen LogP contribution is -2.39. The van der Waals surface area contributed by atoms with Gasteiger partial charge in [-0.15, -0.1) is 0 Å². The monoisotopic (exact) mass is 310 g/mol. The van der Waals surface area contributed by atoms with Gasteiger partial charge in [0.05, 0.1) is 11.5 Å². The molecule has 0 amide bonds. The van der Waals surface area contributed by atoms with Gasteiger partial charge in [-0.3, -0.25) is 0 Å². The van der Waals surface area contributed by atoms with Crippen LogP contribution in [0, 0.1) is 11.7 Å². The molecule has 0 unspecified atom stereocenters. The highest BCUT2D eigenvalue weighted by Gasteiger charge is 2.45. The zero-order valence-corrected chi connectivity index (χ0v) is 11.4. The first-order chi connectivity index (χ1) is 9.20. The molecule has 0 heterocycles. The maximum atomic E-state index is 12.9. The summed E-state index contributed by atoms with van der Waals surface area (Å²) in [5, 5.41) is 10.6. The van der Waals surface area contributed by atoms with Crippen LogP contribution >= 0.6 is 11.6 Å². The maximum absolute atomic E-state index is 12.9. The lowest BCUT2D eigenvalue weighted by Gasteiger charge is -2.37. The molecule has 0 aromatic heterocycles. The van der Waals surface area contributed by atoms with E-state index >= 15 is 0 Å². The molecule has 1 aliphatic rings. The molecule has 6 heteroatoms. The van der Waals surface area contributed by atoms with Crippen molar-refractivity contribution >= 4 is 11.6 Å². The van der Waals surface area contributed by atoms with Crippen molar-refractivity contribution in [1.82, 2.24) is 0 Å². The Balaban J connectivity index is 2.03. The molecule has 0 spiro atoms. The van der Waals surface area contributed by atoms with Gasteiger partial charge < -0.3 is 5.11 Å². The molecule has 1 N–H and O–H groups in total. The van der Waals surface area contributed by atoms with Crippen LogP contribution in [-0.4, -0.2) is 16.9 Å². The molecule has 2 rings (SSSR count). The summed E-state index contributed by atoms with van der Waals surface area (Å²) in [5.41, 5.74) is -0.635. The molecule has 0 radical (unpaired) electrons. The topological polar surface area (TPSA) is 20.2 Å². The number of halogens is 5. The molecule has 1 saturated carbocycles. The van der Waals surface area contributed by atoms with Crippen LogP contribution in [0.15, 0.2) is 18.2 Å². The summed E-state index contributed by atoms with van der Waals surface area (Å²) in [6, 6.07) is 3.83. The Morgan fingerprint density at radius 3 is 2.35 bits per heavy atom. The average Bonchev–Trinajstić information content (AvgIpc) is 2.32. The molecule has 1 aliphatic carbocycles. The van der Waals surface area contributed by atoms with Gasteiger partial charge in [0.15, 0.2) is 0 Å². The number of benzene rings is 1. The molecule has 0 aliphatic heterocycles. The van der Waals surface area contributed by atoms with Crippen LogP contribution in [0.2, 0.25) is 5.02 Å². The lowest BCUT2D eigenvalue weighted by atomic mass is 9.75. The van der Waals surface area contributed by atoms with Crippen LogP contribution < -0.4 is 0 Å². The van der Waals surface area contributed by atoms with Gasteiger partial charge in [-0.05, 0) is 43.4 Å². The van der Waals surface area contributed by atoms with Crippen LogP contribution in [0.25, 0.3) is 0 Å². The second-order valence-corrected chi connectivity index (χ2v) is 5.86. The van der Waals surface area contributed by atoms with E-state index in [2.05, 4.69) is 0 Å². The molecule has 20 heavy (non-hydrogen) atoms. The molecule has 1 nitrogen and oxygen atoms in total. The van der Waals surface area contributed by atoms with Crippen molar-refractivity contribution in [3.05, 3.63) is 34.6 Å².